The van der Waals surface area contributed by atoms with Crippen LogP contribution in [0.15, 0.2) is 12.1 Å². The molecule has 0 aromatic heterocycles. The first-order valence-corrected chi connectivity index (χ1v) is 6.44. The molecule has 1 aromatic carbocycles. The van der Waals surface area contributed by atoms with E-state index in [1.165, 1.54) is 0 Å². The van der Waals surface area contributed by atoms with Gasteiger partial charge < -0.3 is 15.8 Å². The lowest BCUT2D eigenvalue weighted by Crippen LogP contribution is -2.29. The summed E-state index contributed by atoms with van der Waals surface area (Å²) in [6, 6.07) is 3.83. The number of nitrogens with one attached hydrogen (secondary N) is 1. The molecule has 0 aliphatic carbocycles. The number of benzene rings is 1. The van der Waals surface area contributed by atoms with Crippen molar-refractivity contribution in [1.29, 1.82) is 0 Å². The fourth-order valence-electron chi connectivity index (χ4n) is 2.06. The Morgan fingerprint density at radius 1 is 1.32 bits per heavy atom. The third-order valence-corrected chi connectivity index (χ3v) is 3.14. The number of carbonyl (C=O) groups excluding carboxylic acids is 1. The molecule has 4 heteroatoms. The Kier molecular flexibility index (Phi) is 4.95. The second kappa shape index (κ2) is 6.06. The summed E-state index contributed by atoms with van der Waals surface area (Å²) in [6.07, 6.45) is 0.410. The van der Waals surface area contributed by atoms with Crippen molar-refractivity contribution in [3.05, 3.63) is 23.3 Å². The van der Waals surface area contributed by atoms with Gasteiger partial charge in [0.2, 0.25) is 5.91 Å². The van der Waals surface area contributed by atoms with E-state index in [0.717, 1.165) is 22.6 Å². The molecule has 1 amide bonds. The molecule has 0 heterocycles. The van der Waals surface area contributed by atoms with E-state index in [2.05, 4.69) is 5.32 Å². The smallest absolute Gasteiger partial charge is 0.224 e. The predicted molar refractivity (Wildman–Crippen MR) is 78.6 cm³/mol. The van der Waals surface area contributed by atoms with Crippen molar-refractivity contribution in [3.63, 3.8) is 0 Å². The number of hydrogen-bond acceptors (Lipinski definition) is 3. The van der Waals surface area contributed by atoms with Gasteiger partial charge in [-0.3, -0.25) is 4.79 Å². The molecule has 0 atom stereocenters. The van der Waals surface area contributed by atoms with E-state index in [1.807, 2.05) is 39.8 Å². The molecule has 0 aliphatic rings. The molecule has 0 unspecified atom stereocenters. The van der Waals surface area contributed by atoms with E-state index in [9.17, 15) is 4.79 Å². The number of amides is 1. The summed E-state index contributed by atoms with van der Waals surface area (Å²) >= 11 is 0. The summed E-state index contributed by atoms with van der Waals surface area (Å²) in [5.41, 5.74) is 8.28. The zero-order chi connectivity index (χ0) is 14.6. The average Bonchev–Trinajstić information content (AvgIpc) is 2.27. The first kappa shape index (κ1) is 15.5. The van der Waals surface area contributed by atoms with Gasteiger partial charge >= 0.3 is 0 Å². The maximum Gasteiger partial charge on any atom is 0.224 e. The summed E-state index contributed by atoms with van der Waals surface area (Å²) in [5, 5.41) is 2.92. The highest BCUT2D eigenvalue weighted by molar-refractivity contribution is 5.91. The lowest BCUT2D eigenvalue weighted by atomic mass is 9.89. The molecular weight excluding hydrogens is 240 g/mol. The van der Waals surface area contributed by atoms with Crippen molar-refractivity contribution in [2.75, 3.05) is 19.0 Å². The van der Waals surface area contributed by atoms with Crippen LogP contribution in [0.5, 0.6) is 5.75 Å². The average molecular weight is 264 g/mol. The number of carbonyl (C=O) groups is 1. The second-order valence-electron chi connectivity index (χ2n) is 5.74. The molecule has 0 radical (unpaired) electrons. The highest BCUT2D eigenvalue weighted by Crippen LogP contribution is 2.27. The molecule has 0 bridgehead atoms. The lowest BCUT2D eigenvalue weighted by molar-refractivity contribution is -0.117. The van der Waals surface area contributed by atoms with Crippen molar-refractivity contribution in [3.8, 4) is 5.75 Å². The number of hydrogen-bond donors (Lipinski definition) is 2. The summed E-state index contributed by atoms with van der Waals surface area (Å²) in [4.78, 5) is 12.0. The van der Waals surface area contributed by atoms with Gasteiger partial charge in [0.05, 0.1) is 7.11 Å². The minimum Gasteiger partial charge on any atom is -0.496 e. The van der Waals surface area contributed by atoms with Crippen LogP contribution in [0, 0.1) is 19.3 Å². The number of methoxy groups -OCH3 is 1. The second-order valence-corrected chi connectivity index (χ2v) is 5.74. The van der Waals surface area contributed by atoms with Crippen LogP contribution in [-0.2, 0) is 4.79 Å². The van der Waals surface area contributed by atoms with Crippen LogP contribution < -0.4 is 15.8 Å². The van der Waals surface area contributed by atoms with E-state index in [0.29, 0.717) is 13.0 Å². The van der Waals surface area contributed by atoms with Crippen molar-refractivity contribution in [2.45, 2.75) is 34.1 Å². The van der Waals surface area contributed by atoms with E-state index in [4.69, 9.17) is 10.5 Å². The van der Waals surface area contributed by atoms with E-state index in [1.54, 1.807) is 7.11 Å². The first-order chi connectivity index (χ1) is 8.79. The van der Waals surface area contributed by atoms with Gasteiger partial charge in [-0.15, -0.1) is 0 Å². The molecule has 3 N–H and O–H groups in total. The number of nitrogens with two attached hydrogens (primary N) is 1. The van der Waals surface area contributed by atoms with Gasteiger partial charge in [0, 0.05) is 12.1 Å². The Morgan fingerprint density at radius 2 is 1.84 bits per heavy atom. The number of rotatable bonds is 5. The fraction of sp³-hybridized carbons (Fsp3) is 0.533. The largest absolute Gasteiger partial charge is 0.496 e. The van der Waals surface area contributed by atoms with Crippen LogP contribution in [-0.4, -0.2) is 19.6 Å². The Morgan fingerprint density at radius 3 is 2.26 bits per heavy atom. The van der Waals surface area contributed by atoms with Crippen LogP contribution >= 0.6 is 0 Å². The molecule has 0 aliphatic heterocycles. The molecule has 0 fully saturated rings. The molecule has 19 heavy (non-hydrogen) atoms. The standard InChI is InChI=1S/C15H24N2O2/c1-10-6-12(7-11(2)14(10)19-5)17-13(18)8-15(3,4)9-16/h6-7H,8-9,16H2,1-5H3,(H,17,18). The maximum atomic E-state index is 12.0. The quantitative estimate of drug-likeness (QED) is 0.859. The predicted octanol–water partition coefficient (Wildman–Crippen LogP) is 2.63. The first-order valence-electron chi connectivity index (χ1n) is 6.44. The third kappa shape index (κ3) is 4.24. The topological polar surface area (TPSA) is 64.3 Å². The summed E-state index contributed by atoms with van der Waals surface area (Å²) in [6.45, 7) is 8.38. The SMILES string of the molecule is COc1c(C)cc(NC(=O)CC(C)(C)CN)cc1C. The molecule has 4 nitrogen and oxygen atoms in total. The van der Waals surface area contributed by atoms with Gasteiger partial charge in [-0.05, 0) is 49.1 Å². The van der Waals surface area contributed by atoms with Crippen molar-refractivity contribution >= 4 is 11.6 Å². The van der Waals surface area contributed by atoms with Gasteiger partial charge in [-0.1, -0.05) is 13.8 Å². The van der Waals surface area contributed by atoms with Gasteiger partial charge in [-0.2, -0.15) is 0 Å². The zero-order valence-corrected chi connectivity index (χ0v) is 12.5. The van der Waals surface area contributed by atoms with E-state index < -0.39 is 0 Å². The van der Waals surface area contributed by atoms with Crippen molar-refractivity contribution in [1.82, 2.24) is 0 Å². The van der Waals surface area contributed by atoms with Gasteiger partial charge in [0.1, 0.15) is 5.75 Å². The van der Waals surface area contributed by atoms with Crippen LogP contribution in [0.1, 0.15) is 31.4 Å². The van der Waals surface area contributed by atoms with Gasteiger partial charge in [-0.25, -0.2) is 0 Å². The Labute approximate surface area is 115 Å². The fourth-order valence-corrected chi connectivity index (χ4v) is 2.06. The minimum absolute atomic E-state index is 0.0144. The summed E-state index contributed by atoms with van der Waals surface area (Å²) in [7, 11) is 1.65. The normalized spacial score (nSPS) is 11.3. The van der Waals surface area contributed by atoms with Crippen molar-refractivity contribution < 1.29 is 9.53 Å². The zero-order valence-electron chi connectivity index (χ0n) is 12.5. The number of ether oxygens (including phenoxy) is 1. The molecule has 0 spiro atoms. The molecule has 0 saturated heterocycles. The monoisotopic (exact) mass is 264 g/mol. The van der Waals surface area contributed by atoms with E-state index in [-0.39, 0.29) is 11.3 Å². The molecule has 0 saturated carbocycles. The number of aryl methyl sites for hydroxylation is 2. The highest BCUT2D eigenvalue weighted by atomic mass is 16.5. The Balaban J connectivity index is 2.81. The molecule has 1 rings (SSSR count). The lowest BCUT2D eigenvalue weighted by Gasteiger charge is -2.21. The Hall–Kier alpha value is -1.55. The van der Waals surface area contributed by atoms with Crippen molar-refractivity contribution in [2.24, 2.45) is 11.1 Å². The molecule has 1 aromatic rings. The summed E-state index contributed by atoms with van der Waals surface area (Å²) in [5.74, 6) is 0.847. The van der Waals surface area contributed by atoms with Crippen LogP contribution in [0.2, 0.25) is 0 Å². The van der Waals surface area contributed by atoms with Gasteiger partial charge in [0.25, 0.3) is 0 Å². The van der Waals surface area contributed by atoms with Crippen LogP contribution in [0.3, 0.4) is 0 Å². The molecule has 106 valence electrons. The highest BCUT2D eigenvalue weighted by Gasteiger charge is 2.20. The number of anilines is 1. The molecular formula is C15H24N2O2. The minimum atomic E-state index is -0.180. The van der Waals surface area contributed by atoms with E-state index >= 15 is 0 Å². The van der Waals surface area contributed by atoms with Gasteiger partial charge in [0.15, 0.2) is 0 Å². The summed E-state index contributed by atoms with van der Waals surface area (Å²) < 4.78 is 5.30. The Bertz CT molecular complexity index is 444. The van der Waals surface area contributed by atoms with Crippen LogP contribution in [0.4, 0.5) is 5.69 Å². The van der Waals surface area contributed by atoms with Crippen LogP contribution in [0.25, 0.3) is 0 Å². The third-order valence-electron chi connectivity index (χ3n) is 3.14. The maximum absolute atomic E-state index is 12.0.